The first-order valence-corrected chi connectivity index (χ1v) is 8.38. The summed E-state index contributed by atoms with van der Waals surface area (Å²) >= 11 is 0.873. The summed E-state index contributed by atoms with van der Waals surface area (Å²) in [5.74, 6) is -0.0674. The molecule has 0 radical (unpaired) electrons. The Bertz CT molecular complexity index is 149. The van der Waals surface area contributed by atoms with Crippen LogP contribution >= 0.6 is 0 Å². The Morgan fingerprint density at radius 2 is 1.73 bits per heavy atom. The molecule has 3 heteroatoms. The van der Waals surface area contributed by atoms with Crippen LogP contribution in [0.15, 0.2) is 0 Å². The van der Waals surface area contributed by atoms with E-state index >= 15 is 0 Å². The minimum absolute atomic E-state index is 0.0674. The van der Waals surface area contributed by atoms with Crippen molar-refractivity contribution in [2.24, 2.45) is 0 Å². The van der Waals surface area contributed by atoms with Crippen LogP contribution in [0.5, 0.6) is 0 Å². The third-order valence-corrected chi connectivity index (χ3v) is 4.71. The average molecular weight is 279 g/mol. The SMILES string of the molecule is CCCC[Se]CCCCCCC(=O)OC. The van der Waals surface area contributed by atoms with E-state index in [0.717, 1.165) is 21.4 Å². The molecule has 15 heavy (non-hydrogen) atoms. The number of rotatable bonds is 10. The van der Waals surface area contributed by atoms with Gasteiger partial charge in [-0.25, -0.2) is 0 Å². The molecule has 0 aromatic carbocycles. The molecule has 0 atom stereocenters. The van der Waals surface area contributed by atoms with Crippen molar-refractivity contribution < 1.29 is 9.53 Å². The molecule has 90 valence electrons. The molecule has 0 spiro atoms. The first kappa shape index (κ1) is 15.0. The fourth-order valence-electron chi connectivity index (χ4n) is 1.28. The molecule has 0 bridgehead atoms. The first-order chi connectivity index (χ1) is 7.31. The van der Waals surface area contributed by atoms with E-state index < -0.39 is 0 Å². The number of carbonyl (C=O) groups is 1. The topological polar surface area (TPSA) is 26.3 Å². The molecular formula is C12H24O2Se. The Hall–Kier alpha value is -0.0105. The summed E-state index contributed by atoms with van der Waals surface area (Å²) < 4.78 is 4.59. The van der Waals surface area contributed by atoms with Crippen LogP contribution < -0.4 is 0 Å². The number of carbonyl (C=O) groups excluding carboxylic acids is 1. The molecular weight excluding hydrogens is 255 g/mol. The summed E-state index contributed by atoms with van der Waals surface area (Å²) in [4.78, 5) is 10.8. The van der Waals surface area contributed by atoms with Crippen molar-refractivity contribution in [1.29, 1.82) is 0 Å². The predicted octanol–water partition coefficient (Wildman–Crippen LogP) is 3.45. The molecule has 0 rings (SSSR count). The zero-order valence-electron chi connectivity index (χ0n) is 10.1. The van der Waals surface area contributed by atoms with Crippen molar-refractivity contribution >= 4 is 20.9 Å². The normalized spacial score (nSPS) is 10.3. The van der Waals surface area contributed by atoms with Crippen LogP contribution in [0.1, 0.15) is 51.9 Å². The summed E-state index contributed by atoms with van der Waals surface area (Å²) in [6.07, 6.45) is 8.14. The molecule has 0 unspecified atom stereocenters. The van der Waals surface area contributed by atoms with Gasteiger partial charge in [-0.1, -0.05) is 0 Å². The van der Waals surface area contributed by atoms with E-state index in [1.807, 2.05) is 0 Å². The molecule has 0 aliphatic carbocycles. The monoisotopic (exact) mass is 280 g/mol. The van der Waals surface area contributed by atoms with E-state index in [2.05, 4.69) is 11.7 Å². The number of hydrogen-bond donors (Lipinski definition) is 0. The third-order valence-electron chi connectivity index (χ3n) is 2.29. The summed E-state index contributed by atoms with van der Waals surface area (Å²) in [7, 11) is 1.46. The fourth-order valence-corrected chi connectivity index (χ4v) is 3.60. The number of methoxy groups -OCH3 is 1. The molecule has 2 nitrogen and oxygen atoms in total. The Morgan fingerprint density at radius 1 is 1.07 bits per heavy atom. The van der Waals surface area contributed by atoms with E-state index in [9.17, 15) is 4.79 Å². The summed E-state index contributed by atoms with van der Waals surface area (Å²) in [6.45, 7) is 2.25. The van der Waals surface area contributed by atoms with Crippen LogP contribution in [0.3, 0.4) is 0 Å². The molecule has 0 aliphatic rings. The van der Waals surface area contributed by atoms with Crippen LogP contribution in [0.2, 0.25) is 10.6 Å². The zero-order valence-corrected chi connectivity index (χ0v) is 11.8. The van der Waals surface area contributed by atoms with E-state index in [4.69, 9.17) is 0 Å². The average Bonchev–Trinajstić information content (AvgIpc) is 2.26. The second-order valence-corrected chi connectivity index (χ2v) is 6.28. The van der Waals surface area contributed by atoms with Gasteiger partial charge in [-0.05, 0) is 0 Å². The Labute approximate surface area is 100 Å². The van der Waals surface area contributed by atoms with Crippen LogP contribution in [-0.2, 0) is 9.53 Å². The van der Waals surface area contributed by atoms with Crippen LogP contribution in [-0.4, -0.2) is 28.0 Å². The maximum atomic E-state index is 10.8. The van der Waals surface area contributed by atoms with Crippen molar-refractivity contribution in [3.8, 4) is 0 Å². The Kier molecular flexibility index (Phi) is 12.1. The van der Waals surface area contributed by atoms with Crippen molar-refractivity contribution in [2.45, 2.75) is 62.5 Å². The fraction of sp³-hybridized carbons (Fsp3) is 0.917. The third kappa shape index (κ3) is 11.9. The van der Waals surface area contributed by atoms with Crippen molar-refractivity contribution in [1.82, 2.24) is 0 Å². The van der Waals surface area contributed by atoms with Crippen molar-refractivity contribution in [3.63, 3.8) is 0 Å². The van der Waals surface area contributed by atoms with Crippen molar-refractivity contribution in [3.05, 3.63) is 0 Å². The molecule has 0 aliphatic heterocycles. The van der Waals surface area contributed by atoms with Gasteiger partial charge in [-0.15, -0.1) is 0 Å². The quantitative estimate of drug-likeness (QED) is 0.348. The van der Waals surface area contributed by atoms with Crippen LogP contribution in [0.4, 0.5) is 0 Å². The number of esters is 1. The second kappa shape index (κ2) is 12.1. The minimum atomic E-state index is -0.0674. The maximum absolute atomic E-state index is 10.8. The molecule has 0 fully saturated rings. The van der Waals surface area contributed by atoms with Gasteiger partial charge in [-0.2, -0.15) is 0 Å². The van der Waals surface area contributed by atoms with Gasteiger partial charge in [-0.3, -0.25) is 0 Å². The summed E-state index contributed by atoms with van der Waals surface area (Å²) in [6, 6.07) is 0. The molecule has 0 saturated heterocycles. The summed E-state index contributed by atoms with van der Waals surface area (Å²) in [5, 5.41) is 2.87. The summed E-state index contributed by atoms with van der Waals surface area (Å²) in [5.41, 5.74) is 0. The van der Waals surface area contributed by atoms with Crippen molar-refractivity contribution in [2.75, 3.05) is 7.11 Å². The van der Waals surface area contributed by atoms with Gasteiger partial charge >= 0.3 is 100 Å². The second-order valence-electron chi connectivity index (χ2n) is 3.71. The molecule has 0 heterocycles. The van der Waals surface area contributed by atoms with Crippen LogP contribution in [0, 0.1) is 0 Å². The molecule has 0 amide bonds. The number of unbranched alkanes of at least 4 members (excludes halogenated alkanes) is 4. The van der Waals surface area contributed by atoms with E-state index in [1.165, 1.54) is 49.9 Å². The van der Waals surface area contributed by atoms with Gasteiger partial charge in [0.15, 0.2) is 0 Å². The van der Waals surface area contributed by atoms with Gasteiger partial charge in [0.1, 0.15) is 0 Å². The van der Waals surface area contributed by atoms with E-state index in [1.54, 1.807) is 0 Å². The van der Waals surface area contributed by atoms with Gasteiger partial charge in [0.05, 0.1) is 0 Å². The molecule has 0 saturated carbocycles. The van der Waals surface area contributed by atoms with Gasteiger partial charge < -0.3 is 0 Å². The van der Waals surface area contributed by atoms with Gasteiger partial charge in [0.25, 0.3) is 0 Å². The molecule has 0 N–H and O–H groups in total. The standard InChI is InChI=1S/C12H24O2Se/c1-3-4-10-15-11-8-6-5-7-9-12(13)14-2/h3-11H2,1-2H3. The Morgan fingerprint density at radius 3 is 2.40 bits per heavy atom. The zero-order chi connectivity index (χ0) is 11.4. The first-order valence-electron chi connectivity index (χ1n) is 5.95. The molecule has 0 aromatic rings. The van der Waals surface area contributed by atoms with Gasteiger partial charge in [0, 0.05) is 0 Å². The number of ether oxygens (including phenoxy) is 1. The Balaban J connectivity index is 2.95. The molecule has 0 aromatic heterocycles. The number of hydrogen-bond acceptors (Lipinski definition) is 2. The van der Waals surface area contributed by atoms with E-state index in [-0.39, 0.29) is 5.97 Å². The van der Waals surface area contributed by atoms with Crippen LogP contribution in [0.25, 0.3) is 0 Å². The van der Waals surface area contributed by atoms with E-state index in [0.29, 0.717) is 6.42 Å². The predicted molar refractivity (Wildman–Crippen MR) is 65.4 cm³/mol. The van der Waals surface area contributed by atoms with Gasteiger partial charge in [0.2, 0.25) is 0 Å².